The van der Waals surface area contributed by atoms with Crippen LogP contribution in [0.1, 0.15) is 6.92 Å². The fourth-order valence-electron chi connectivity index (χ4n) is 0.201. The summed E-state index contributed by atoms with van der Waals surface area (Å²) < 4.78 is 28.5. The predicted molar refractivity (Wildman–Crippen MR) is 38.4 cm³/mol. The SMILES string of the molecule is C=CC(=O)OCC.O=S([O-])O.[Na+]. The van der Waals surface area contributed by atoms with Gasteiger partial charge in [0, 0.05) is 6.08 Å². The van der Waals surface area contributed by atoms with Crippen LogP contribution in [0.3, 0.4) is 0 Å². The number of rotatable bonds is 2. The fourth-order valence-corrected chi connectivity index (χ4v) is 0.201. The van der Waals surface area contributed by atoms with E-state index in [9.17, 15) is 4.79 Å². The number of esters is 1. The molecular weight excluding hydrogens is 195 g/mol. The molecule has 0 aromatic carbocycles. The van der Waals surface area contributed by atoms with E-state index in [4.69, 9.17) is 13.3 Å². The van der Waals surface area contributed by atoms with E-state index in [2.05, 4.69) is 11.3 Å². The van der Waals surface area contributed by atoms with Crippen molar-refractivity contribution in [3.05, 3.63) is 12.7 Å². The number of carbonyl (C=O) groups is 1. The molecule has 0 heterocycles. The molecule has 1 atom stereocenters. The van der Waals surface area contributed by atoms with E-state index in [0.717, 1.165) is 6.08 Å². The van der Waals surface area contributed by atoms with Gasteiger partial charge < -0.3 is 13.8 Å². The fraction of sp³-hybridized carbons (Fsp3) is 0.400. The molecule has 7 heteroatoms. The average molecular weight is 204 g/mol. The Balaban J connectivity index is -0.000000142. The molecule has 0 saturated heterocycles. The van der Waals surface area contributed by atoms with Gasteiger partial charge in [-0.25, -0.2) is 9.00 Å². The van der Waals surface area contributed by atoms with Crippen LogP contribution in [0.4, 0.5) is 0 Å². The van der Waals surface area contributed by atoms with Crippen molar-refractivity contribution in [2.24, 2.45) is 0 Å². The first-order chi connectivity index (χ1) is 5.04. The zero-order valence-electron chi connectivity index (χ0n) is 6.98. The first-order valence-corrected chi connectivity index (χ1v) is 3.65. The monoisotopic (exact) mass is 204 g/mol. The zero-order valence-corrected chi connectivity index (χ0v) is 9.80. The minimum atomic E-state index is -2.86. The molecule has 0 amide bonds. The van der Waals surface area contributed by atoms with Gasteiger partial charge in [-0.1, -0.05) is 6.58 Å². The standard InChI is InChI=1S/C5H8O2.Na.H2O3S/c1-3-5(6)7-4-2;;1-4(2)3/h3H,1,4H2,2H3;;(H2,1,2,3)/q;+1;/p-1. The minimum Gasteiger partial charge on any atom is -0.750 e. The van der Waals surface area contributed by atoms with Crippen molar-refractivity contribution in [2.45, 2.75) is 6.92 Å². The van der Waals surface area contributed by atoms with Crippen molar-refractivity contribution in [1.82, 2.24) is 0 Å². The molecule has 0 radical (unpaired) electrons. The van der Waals surface area contributed by atoms with Gasteiger partial charge >= 0.3 is 35.5 Å². The van der Waals surface area contributed by atoms with E-state index in [1.54, 1.807) is 6.92 Å². The number of carbonyl (C=O) groups excluding carboxylic acids is 1. The summed E-state index contributed by atoms with van der Waals surface area (Å²) in [6.45, 7) is 5.38. The summed E-state index contributed by atoms with van der Waals surface area (Å²) in [4.78, 5) is 10.1. The van der Waals surface area contributed by atoms with Crippen LogP contribution in [0.5, 0.6) is 0 Å². The summed E-state index contributed by atoms with van der Waals surface area (Å²) in [6.07, 6.45) is 1.14. The summed E-state index contributed by atoms with van der Waals surface area (Å²) in [5.74, 6) is -0.359. The Labute approximate surface area is 95.6 Å². The number of hydrogen-bond donors (Lipinski definition) is 1. The van der Waals surface area contributed by atoms with E-state index >= 15 is 0 Å². The summed E-state index contributed by atoms with van der Waals surface area (Å²) in [6, 6.07) is 0. The van der Waals surface area contributed by atoms with Gasteiger partial charge in [0.1, 0.15) is 0 Å². The minimum absolute atomic E-state index is 0. The molecule has 0 saturated carbocycles. The molecule has 0 aliphatic heterocycles. The second-order valence-corrected chi connectivity index (χ2v) is 1.61. The van der Waals surface area contributed by atoms with Crippen LogP contribution < -0.4 is 29.6 Å². The van der Waals surface area contributed by atoms with E-state index < -0.39 is 11.4 Å². The smallest absolute Gasteiger partial charge is 0.750 e. The van der Waals surface area contributed by atoms with E-state index in [1.165, 1.54) is 0 Å². The molecule has 0 aliphatic carbocycles. The molecule has 12 heavy (non-hydrogen) atoms. The molecule has 0 aromatic rings. The van der Waals surface area contributed by atoms with Crippen LogP contribution in [0, 0.1) is 0 Å². The maximum absolute atomic E-state index is 10.1. The first kappa shape index (κ1) is 18.1. The third-order valence-electron chi connectivity index (χ3n) is 0.453. The Bertz CT molecular complexity index is 145. The molecule has 0 aromatic heterocycles. The van der Waals surface area contributed by atoms with Gasteiger partial charge in [-0.3, -0.25) is 0 Å². The molecular formula is C5H9NaO5S. The van der Waals surface area contributed by atoms with Crippen molar-refractivity contribution in [2.75, 3.05) is 6.61 Å². The Kier molecular flexibility index (Phi) is 20.9. The van der Waals surface area contributed by atoms with Gasteiger partial charge in [0.2, 0.25) is 0 Å². The Morgan fingerprint density at radius 1 is 1.83 bits per heavy atom. The third-order valence-corrected chi connectivity index (χ3v) is 0.453. The maximum atomic E-state index is 10.1. The van der Waals surface area contributed by atoms with E-state index in [-0.39, 0.29) is 35.5 Å². The van der Waals surface area contributed by atoms with Gasteiger partial charge in [-0.2, -0.15) is 0 Å². The molecule has 5 nitrogen and oxygen atoms in total. The molecule has 0 aliphatic rings. The van der Waals surface area contributed by atoms with Gasteiger partial charge in [0.25, 0.3) is 0 Å². The van der Waals surface area contributed by atoms with Crippen molar-refractivity contribution in [1.29, 1.82) is 0 Å². The maximum Gasteiger partial charge on any atom is 1.00 e. The van der Waals surface area contributed by atoms with Crippen LogP contribution in [0.2, 0.25) is 0 Å². The van der Waals surface area contributed by atoms with Gasteiger partial charge in [-0.05, 0) is 6.92 Å². The van der Waals surface area contributed by atoms with Crippen molar-refractivity contribution in [3.63, 3.8) is 0 Å². The summed E-state index contributed by atoms with van der Waals surface area (Å²) in [5, 5.41) is 0. The number of hydrogen-bond acceptors (Lipinski definition) is 4. The first-order valence-electron chi connectivity index (χ1n) is 2.62. The average Bonchev–Trinajstić information content (AvgIpc) is 1.87. The van der Waals surface area contributed by atoms with Gasteiger partial charge in [0.05, 0.1) is 18.0 Å². The van der Waals surface area contributed by atoms with E-state index in [0.29, 0.717) is 6.61 Å². The summed E-state index contributed by atoms with van der Waals surface area (Å²) in [7, 11) is 0. The second kappa shape index (κ2) is 13.8. The van der Waals surface area contributed by atoms with Gasteiger partial charge in [0.15, 0.2) is 0 Å². The van der Waals surface area contributed by atoms with Crippen LogP contribution in [-0.4, -0.2) is 25.9 Å². The van der Waals surface area contributed by atoms with Gasteiger partial charge in [-0.15, -0.1) is 0 Å². The Morgan fingerprint density at radius 3 is 2.25 bits per heavy atom. The van der Waals surface area contributed by atoms with Crippen LogP contribution >= 0.6 is 0 Å². The van der Waals surface area contributed by atoms with Crippen LogP contribution in [0.25, 0.3) is 0 Å². The molecule has 0 rings (SSSR count). The topological polar surface area (TPSA) is 86.7 Å². The molecule has 0 spiro atoms. The van der Waals surface area contributed by atoms with Crippen LogP contribution in [0.15, 0.2) is 12.7 Å². The Morgan fingerprint density at radius 2 is 2.17 bits per heavy atom. The summed E-state index contributed by atoms with van der Waals surface area (Å²) >= 11 is -2.86. The van der Waals surface area contributed by atoms with Crippen molar-refractivity contribution < 1.29 is 52.4 Å². The molecule has 0 fully saturated rings. The summed E-state index contributed by atoms with van der Waals surface area (Å²) in [5.41, 5.74) is 0. The van der Waals surface area contributed by atoms with Crippen molar-refractivity contribution >= 4 is 17.3 Å². The predicted octanol–water partition coefficient (Wildman–Crippen LogP) is -2.92. The third kappa shape index (κ3) is 31.8. The molecule has 1 N–H and O–H groups in total. The quantitative estimate of drug-likeness (QED) is 0.225. The molecule has 1 unspecified atom stereocenters. The van der Waals surface area contributed by atoms with Crippen molar-refractivity contribution in [3.8, 4) is 0 Å². The zero-order chi connectivity index (χ0) is 9.28. The molecule has 0 bridgehead atoms. The van der Waals surface area contributed by atoms with Crippen LogP contribution in [-0.2, 0) is 20.9 Å². The normalized spacial score (nSPS) is 9.58. The Hall–Kier alpha value is 0.280. The van der Waals surface area contributed by atoms with E-state index in [1.807, 2.05) is 0 Å². The molecule has 66 valence electrons. The largest absolute Gasteiger partial charge is 1.00 e. The number of ether oxygens (including phenoxy) is 1. The second-order valence-electron chi connectivity index (χ2n) is 1.17.